The predicted molar refractivity (Wildman–Crippen MR) is 181 cm³/mol. The second-order valence-electron chi connectivity index (χ2n) is 12.0. The van der Waals surface area contributed by atoms with Crippen LogP contribution in [0.25, 0.3) is 39.3 Å². The number of hydrogen-bond donors (Lipinski definition) is 0. The van der Waals surface area contributed by atoms with Gasteiger partial charge in [-0.15, -0.1) is 4.57 Å². The van der Waals surface area contributed by atoms with Crippen LogP contribution in [0, 0.1) is 6.92 Å². The number of pyridine rings is 2. The Morgan fingerprint density at radius 3 is 2.44 bits per heavy atom. The predicted octanol–water partition coefficient (Wildman–Crippen LogP) is 9.97. The van der Waals surface area contributed by atoms with Crippen molar-refractivity contribution in [3.63, 3.8) is 0 Å². The molecule has 1 atom stereocenters. The monoisotopic (exact) mass is 577 g/mol. The normalized spacial score (nSPS) is 12.9. The van der Waals surface area contributed by atoms with Crippen molar-refractivity contribution >= 4 is 16.8 Å². The van der Waals surface area contributed by atoms with Crippen LogP contribution in [-0.2, 0) is 21.3 Å². The van der Waals surface area contributed by atoms with Crippen LogP contribution in [0.1, 0.15) is 83.9 Å². The van der Waals surface area contributed by atoms with Crippen molar-refractivity contribution in [2.75, 3.05) is 7.11 Å². The van der Waals surface area contributed by atoms with E-state index < -0.39 is 0 Å². The highest BCUT2D eigenvalue weighted by atomic mass is 16.5. The van der Waals surface area contributed by atoms with Crippen molar-refractivity contribution in [2.24, 2.45) is 0 Å². The Morgan fingerprint density at radius 2 is 1.79 bits per heavy atom. The van der Waals surface area contributed by atoms with Gasteiger partial charge in [0.15, 0.2) is 0 Å². The lowest BCUT2D eigenvalue weighted by Crippen LogP contribution is -2.38. The fourth-order valence-electron chi connectivity index (χ4n) is 5.85. The summed E-state index contributed by atoms with van der Waals surface area (Å²) in [5, 5.41) is 1.14. The van der Waals surface area contributed by atoms with Gasteiger partial charge in [0.05, 0.1) is 17.4 Å². The van der Waals surface area contributed by atoms with Gasteiger partial charge in [0, 0.05) is 42.5 Å². The van der Waals surface area contributed by atoms with E-state index in [1.54, 1.807) is 7.11 Å². The number of nitrogens with zero attached hydrogens (tertiary/aromatic N) is 2. The molecule has 4 heteroatoms. The molecule has 43 heavy (non-hydrogen) atoms. The Kier molecular flexibility index (Phi) is 10.6. The van der Waals surface area contributed by atoms with Gasteiger partial charge < -0.3 is 9.47 Å². The SMILES string of the molecule is C=C(OC(C)=CC(C)OC)[n+]1c(-c2cc(-c3ccc(CCCC)cn3)ccc2C(C)(CC)CC)c(C)cc2ccccc21. The van der Waals surface area contributed by atoms with Crippen LogP contribution >= 0.6 is 0 Å². The Labute approximate surface area is 259 Å². The molecule has 0 aliphatic heterocycles. The third-order valence-electron chi connectivity index (χ3n) is 8.94. The molecule has 1 unspecified atom stereocenters. The standard InChI is InChI=1S/C39H49N2O2/c1-10-13-16-31-19-22-36(40-26-31)32-20-21-35(39(8,11-2)12-3)34(25-32)38-27(4)23-33-17-14-15-18-37(33)41(38)30(7)43-29(6)24-28(5)42-9/h14-15,17-26,28H,7,10-13,16H2,1-6,8-9H3/q+1. The van der Waals surface area contributed by atoms with Gasteiger partial charge in [-0.1, -0.05) is 64.4 Å². The molecule has 0 amide bonds. The maximum Gasteiger partial charge on any atom is 0.371 e. The minimum Gasteiger partial charge on any atom is -0.410 e. The first-order chi connectivity index (χ1) is 20.6. The van der Waals surface area contributed by atoms with Gasteiger partial charge in [0.25, 0.3) is 0 Å². The van der Waals surface area contributed by atoms with Crippen LogP contribution in [0.3, 0.4) is 0 Å². The van der Waals surface area contributed by atoms with E-state index in [1.165, 1.54) is 29.5 Å². The molecule has 0 saturated carbocycles. The second kappa shape index (κ2) is 14.1. The lowest BCUT2D eigenvalue weighted by atomic mass is 9.74. The molecule has 0 spiro atoms. The molecule has 0 N–H and O–H groups in total. The first-order valence-electron chi connectivity index (χ1n) is 15.8. The Morgan fingerprint density at radius 1 is 1.05 bits per heavy atom. The largest absolute Gasteiger partial charge is 0.410 e. The van der Waals surface area contributed by atoms with Crippen molar-refractivity contribution in [3.05, 3.63) is 102 Å². The zero-order valence-corrected chi connectivity index (χ0v) is 27.5. The van der Waals surface area contributed by atoms with Gasteiger partial charge in [-0.2, -0.15) is 0 Å². The summed E-state index contributed by atoms with van der Waals surface area (Å²) in [5.41, 5.74) is 9.15. The van der Waals surface area contributed by atoms with Crippen LogP contribution in [0.5, 0.6) is 0 Å². The Hall–Kier alpha value is -3.76. The number of hydrogen-bond acceptors (Lipinski definition) is 3. The van der Waals surface area contributed by atoms with E-state index in [0.29, 0.717) is 5.88 Å². The highest BCUT2D eigenvalue weighted by Crippen LogP contribution is 2.41. The lowest BCUT2D eigenvalue weighted by Gasteiger charge is -2.30. The molecule has 0 fully saturated rings. The van der Waals surface area contributed by atoms with Gasteiger partial charge in [0.2, 0.25) is 11.2 Å². The summed E-state index contributed by atoms with van der Waals surface area (Å²) in [5.74, 6) is 1.30. The number of methoxy groups -OCH3 is 1. The molecule has 0 bridgehead atoms. The Bertz CT molecular complexity index is 1600. The third kappa shape index (κ3) is 7.08. The molecule has 4 rings (SSSR count). The van der Waals surface area contributed by atoms with E-state index in [9.17, 15) is 0 Å². The summed E-state index contributed by atoms with van der Waals surface area (Å²) in [6.45, 7) is 19.8. The molecule has 2 heterocycles. The summed E-state index contributed by atoms with van der Waals surface area (Å²) >= 11 is 0. The summed E-state index contributed by atoms with van der Waals surface area (Å²) in [7, 11) is 1.70. The van der Waals surface area contributed by atoms with Crippen LogP contribution in [-0.4, -0.2) is 18.2 Å². The van der Waals surface area contributed by atoms with Crippen LogP contribution < -0.4 is 4.57 Å². The molecular formula is C39H49N2O2+. The number of ether oxygens (including phenoxy) is 2. The van der Waals surface area contributed by atoms with E-state index in [1.807, 2.05) is 26.1 Å². The number of aryl methyl sites for hydroxylation is 2. The van der Waals surface area contributed by atoms with Crippen molar-refractivity contribution in [3.8, 4) is 22.5 Å². The van der Waals surface area contributed by atoms with E-state index in [-0.39, 0.29) is 11.5 Å². The average Bonchev–Trinajstić information content (AvgIpc) is 3.02. The van der Waals surface area contributed by atoms with Gasteiger partial charge in [-0.3, -0.25) is 4.98 Å². The smallest absolute Gasteiger partial charge is 0.371 e. The zero-order valence-electron chi connectivity index (χ0n) is 27.5. The van der Waals surface area contributed by atoms with Crippen LogP contribution in [0.4, 0.5) is 0 Å². The van der Waals surface area contributed by atoms with Crippen LogP contribution in [0.15, 0.2) is 85.3 Å². The number of fused-ring (bicyclic) bond motifs is 1. The van der Waals surface area contributed by atoms with Crippen molar-refractivity contribution in [2.45, 2.75) is 92.1 Å². The van der Waals surface area contributed by atoms with E-state index in [2.05, 4.69) is 106 Å². The first kappa shape index (κ1) is 32.2. The lowest BCUT2D eigenvalue weighted by molar-refractivity contribution is -0.560. The summed E-state index contributed by atoms with van der Waals surface area (Å²) in [4.78, 5) is 4.91. The molecule has 226 valence electrons. The summed E-state index contributed by atoms with van der Waals surface area (Å²) < 4.78 is 14.1. The topological polar surface area (TPSA) is 35.2 Å². The maximum absolute atomic E-state index is 6.41. The molecule has 0 radical (unpaired) electrons. The molecule has 4 nitrogen and oxygen atoms in total. The number of benzene rings is 2. The highest BCUT2D eigenvalue weighted by Gasteiger charge is 2.33. The summed E-state index contributed by atoms with van der Waals surface area (Å²) in [6.07, 6.45) is 9.42. The first-order valence-corrected chi connectivity index (χ1v) is 15.8. The van der Waals surface area contributed by atoms with Gasteiger partial charge in [0.1, 0.15) is 5.76 Å². The number of rotatable bonds is 13. The molecule has 0 saturated heterocycles. The number of allylic oxidation sites excluding steroid dienone is 1. The van der Waals surface area contributed by atoms with Crippen molar-refractivity contribution < 1.29 is 14.0 Å². The molecule has 0 aliphatic carbocycles. The summed E-state index contributed by atoms with van der Waals surface area (Å²) in [6, 6.07) is 22.0. The van der Waals surface area contributed by atoms with E-state index in [4.69, 9.17) is 14.5 Å². The fraction of sp³-hybridized carbons (Fsp3) is 0.385. The fourth-order valence-corrected chi connectivity index (χ4v) is 5.85. The van der Waals surface area contributed by atoms with Crippen molar-refractivity contribution in [1.29, 1.82) is 0 Å². The molecule has 0 aliphatic rings. The number of aromatic nitrogens is 2. The second-order valence-corrected chi connectivity index (χ2v) is 12.0. The minimum atomic E-state index is -0.0644. The number of unbranched alkanes of at least 4 members (excludes halogenated alkanes) is 1. The molecular weight excluding hydrogens is 528 g/mol. The zero-order chi connectivity index (χ0) is 31.1. The van der Waals surface area contributed by atoms with E-state index >= 15 is 0 Å². The number of para-hydroxylation sites is 1. The molecule has 2 aromatic heterocycles. The third-order valence-corrected chi connectivity index (χ3v) is 8.94. The van der Waals surface area contributed by atoms with Gasteiger partial charge in [-0.05, 0) is 93.3 Å². The van der Waals surface area contributed by atoms with Crippen molar-refractivity contribution in [1.82, 2.24) is 4.98 Å². The quantitative estimate of drug-likeness (QED) is 0.117. The Balaban J connectivity index is 1.99. The minimum absolute atomic E-state index is 0.00682. The van der Waals surface area contributed by atoms with Crippen LogP contribution in [0.2, 0.25) is 0 Å². The molecule has 4 aromatic rings. The highest BCUT2D eigenvalue weighted by molar-refractivity contribution is 5.82. The molecule has 2 aromatic carbocycles. The van der Waals surface area contributed by atoms with Gasteiger partial charge >= 0.3 is 5.88 Å². The maximum atomic E-state index is 6.41. The van der Waals surface area contributed by atoms with E-state index in [0.717, 1.165) is 58.4 Å². The van der Waals surface area contributed by atoms with Gasteiger partial charge in [-0.25, -0.2) is 0 Å². The average molecular weight is 578 g/mol.